The molecule has 0 fully saturated rings. The van der Waals surface area contributed by atoms with E-state index in [-0.39, 0.29) is 19.1 Å². The topological polar surface area (TPSA) is 108 Å². The number of unbranched alkanes of at least 4 members (excludes halogenated alkanes) is 47. The molecule has 1 amide bonds. The van der Waals surface area contributed by atoms with Crippen molar-refractivity contribution in [2.45, 2.75) is 360 Å². The Balaban J connectivity index is 4.05. The van der Waals surface area contributed by atoms with Crippen LogP contribution in [0.5, 0.6) is 0 Å². The molecule has 0 radical (unpaired) electrons. The first-order valence-electron chi connectivity index (χ1n) is 33.0. The van der Waals surface area contributed by atoms with Crippen LogP contribution in [0, 0.1) is 0 Å². The molecule has 0 heterocycles. The number of aliphatic hydroxyl groups excluding tert-OH is 1. The monoisotopic (exact) mass is 1070 g/mol. The molecule has 2 N–H and O–H groups in total. The standard InChI is InChI=1S/C65H131N2O6P/c1-6-8-10-12-14-16-18-20-22-24-26-28-30-32-33-35-36-38-40-42-44-46-48-50-52-54-56-58-64(68)63(62-73-74(70,71)72-61-60-67(3,4)5)66-65(69)59-57-55-53-51-49-47-45-43-41-39-37-34-31-29-27-25-23-21-19-17-15-13-11-9-7-2/h25,27,63-64,68H,6-24,26,28-62H2,1-5H3,(H-,66,69,70,71)/b27-25-. The third kappa shape index (κ3) is 58.9. The van der Waals surface area contributed by atoms with Crippen molar-refractivity contribution < 1.29 is 32.9 Å². The number of aliphatic hydroxyl groups is 1. The average Bonchev–Trinajstić information content (AvgIpc) is 3.36. The van der Waals surface area contributed by atoms with Gasteiger partial charge in [0, 0.05) is 6.42 Å². The molecule has 442 valence electrons. The van der Waals surface area contributed by atoms with Gasteiger partial charge in [-0.05, 0) is 38.5 Å². The molecule has 74 heavy (non-hydrogen) atoms. The molecule has 0 saturated carbocycles. The summed E-state index contributed by atoms with van der Waals surface area (Å²) in [6, 6.07) is -0.799. The Morgan fingerprint density at radius 1 is 0.459 bits per heavy atom. The molecule has 0 bridgehead atoms. The Kier molecular flexibility index (Phi) is 56.4. The van der Waals surface area contributed by atoms with Crippen LogP contribution in [0.15, 0.2) is 12.2 Å². The molecule has 0 aromatic carbocycles. The highest BCUT2D eigenvalue weighted by atomic mass is 31.2. The number of nitrogens with one attached hydrogen (secondary N) is 1. The van der Waals surface area contributed by atoms with E-state index in [2.05, 4.69) is 31.3 Å². The van der Waals surface area contributed by atoms with Gasteiger partial charge in [0.15, 0.2) is 0 Å². The summed E-state index contributed by atoms with van der Waals surface area (Å²) < 4.78 is 23.5. The molecule has 8 nitrogen and oxygen atoms in total. The molecular weight excluding hydrogens is 936 g/mol. The number of phosphoric acid groups is 1. The minimum absolute atomic E-state index is 0.0153. The van der Waals surface area contributed by atoms with Crippen LogP contribution in [-0.4, -0.2) is 68.5 Å². The maximum absolute atomic E-state index is 13.0. The Morgan fingerprint density at radius 3 is 1.05 bits per heavy atom. The zero-order chi connectivity index (χ0) is 54.2. The first-order chi connectivity index (χ1) is 36.0. The lowest BCUT2D eigenvalue weighted by molar-refractivity contribution is -0.870. The predicted molar refractivity (Wildman–Crippen MR) is 321 cm³/mol. The zero-order valence-corrected chi connectivity index (χ0v) is 51.5. The maximum atomic E-state index is 13.0. The van der Waals surface area contributed by atoms with Crippen molar-refractivity contribution >= 4 is 13.7 Å². The molecular formula is C65H131N2O6P. The lowest BCUT2D eigenvalue weighted by Crippen LogP contribution is -2.46. The van der Waals surface area contributed by atoms with E-state index < -0.39 is 20.0 Å². The van der Waals surface area contributed by atoms with Crippen molar-refractivity contribution in [3.63, 3.8) is 0 Å². The van der Waals surface area contributed by atoms with Crippen LogP contribution in [-0.2, 0) is 18.4 Å². The number of hydrogen-bond donors (Lipinski definition) is 2. The Bertz CT molecular complexity index is 1210. The van der Waals surface area contributed by atoms with Crippen molar-refractivity contribution in [2.75, 3.05) is 40.9 Å². The van der Waals surface area contributed by atoms with E-state index in [0.717, 1.165) is 38.5 Å². The molecule has 0 aliphatic rings. The molecule has 0 rings (SSSR count). The number of phosphoric ester groups is 1. The van der Waals surface area contributed by atoms with Crippen molar-refractivity contribution in [2.24, 2.45) is 0 Å². The van der Waals surface area contributed by atoms with Gasteiger partial charge in [-0.1, -0.05) is 315 Å². The highest BCUT2D eigenvalue weighted by Crippen LogP contribution is 2.38. The van der Waals surface area contributed by atoms with Crippen LogP contribution in [0.3, 0.4) is 0 Å². The molecule has 3 unspecified atom stereocenters. The second-order valence-electron chi connectivity index (χ2n) is 24.2. The quantitative estimate of drug-likeness (QED) is 0.0272. The first kappa shape index (κ1) is 73.2. The van der Waals surface area contributed by atoms with E-state index in [0.29, 0.717) is 23.9 Å². The summed E-state index contributed by atoms with van der Waals surface area (Å²) in [5, 5.41) is 14.1. The smallest absolute Gasteiger partial charge is 0.268 e. The van der Waals surface area contributed by atoms with E-state index in [1.54, 1.807) is 0 Å². The third-order valence-corrected chi connectivity index (χ3v) is 16.5. The predicted octanol–water partition coefficient (Wildman–Crippen LogP) is 19.9. The van der Waals surface area contributed by atoms with Gasteiger partial charge in [-0.25, -0.2) is 0 Å². The number of amides is 1. The van der Waals surface area contributed by atoms with Gasteiger partial charge in [0.05, 0.1) is 39.9 Å². The molecule has 0 aromatic heterocycles. The molecule has 0 aromatic rings. The highest BCUT2D eigenvalue weighted by Gasteiger charge is 2.24. The van der Waals surface area contributed by atoms with Gasteiger partial charge in [0.2, 0.25) is 5.91 Å². The van der Waals surface area contributed by atoms with E-state index in [1.807, 2.05) is 21.1 Å². The summed E-state index contributed by atoms with van der Waals surface area (Å²) >= 11 is 0. The van der Waals surface area contributed by atoms with Crippen LogP contribution in [0.1, 0.15) is 348 Å². The number of allylic oxidation sites excluding steroid dienone is 2. The number of likely N-dealkylation sites (N-methyl/N-ethyl adjacent to an activating group) is 1. The number of nitrogens with zero attached hydrogens (tertiary/aromatic N) is 1. The fourth-order valence-electron chi connectivity index (χ4n) is 10.3. The Morgan fingerprint density at radius 2 is 0.743 bits per heavy atom. The van der Waals surface area contributed by atoms with Crippen LogP contribution in [0.25, 0.3) is 0 Å². The van der Waals surface area contributed by atoms with E-state index in [9.17, 15) is 19.4 Å². The molecule has 0 aliphatic carbocycles. The summed E-state index contributed by atoms with van der Waals surface area (Å²) in [5.41, 5.74) is 0. The molecule has 0 saturated heterocycles. The minimum atomic E-state index is -4.57. The SMILES string of the molecule is CCCCCCCCCC/C=C\CCCCCCCCCCCCCCCC(=O)NC(COP(=O)([O-])OCC[N+](C)(C)C)C(O)CCCCCCCCCCCCCCCCCCCCCCCCCCCCC. The number of rotatable bonds is 62. The molecule has 0 spiro atoms. The van der Waals surface area contributed by atoms with Crippen molar-refractivity contribution in [1.82, 2.24) is 5.32 Å². The molecule has 9 heteroatoms. The normalized spacial score (nSPS) is 13.8. The van der Waals surface area contributed by atoms with Gasteiger partial charge >= 0.3 is 0 Å². The first-order valence-corrected chi connectivity index (χ1v) is 34.5. The maximum Gasteiger partial charge on any atom is 0.268 e. The van der Waals surface area contributed by atoms with E-state index in [4.69, 9.17) is 9.05 Å². The molecule has 0 aliphatic heterocycles. The fraction of sp³-hybridized carbons (Fsp3) is 0.954. The van der Waals surface area contributed by atoms with Crippen LogP contribution in [0.2, 0.25) is 0 Å². The molecule has 3 atom stereocenters. The summed E-state index contributed by atoms with van der Waals surface area (Å²) in [6.45, 7) is 4.78. The van der Waals surface area contributed by atoms with Gasteiger partial charge in [-0.3, -0.25) is 9.36 Å². The van der Waals surface area contributed by atoms with Gasteiger partial charge in [0.1, 0.15) is 13.2 Å². The largest absolute Gasteiger partial charge is 0.756 e. The second kappa shape index (κ2) is 56.9. The van der Waals surface area contributed by atoms with Gasteiger partial charge in [-0.2, -0.15) is 0 Å². The summed E-state index contributed by atoms with van der Waals surface area (Å²) in [4.78, 5) is 25.6. The average molecular weight is 1070 g/mol. The van der Waals surface area contributed by atoms with Crippen molar-refractivity contribution in [3.8, 4) is 0 Å². The zero-order valence-electron chi connectivity index (χ0n) is 50.6. The van der Waals surface area contributed by atoms with Gasteiger partial charge in [0.25, 0.3) is 7.82 Å². The highest BCUT2D eigenvalue weighted by molar-refractivity contribution is 7.45. The third-order valence-electron chi connectivity index (χ3n) is 15.5. The van der Waals surface area contributed by atoms with Crippen LogP contribution < -0.4 is 10.2 Å². The number of carbonyl (C=O) groups excluding carboxylic acids is 1. The van der Waals surface area contributed by atoms with E-state index >= 15 is 0 Å². The van der Waals surface area contributed by atoms with Crippen molar-refractivity contribution in [3.05, 3.63) is 12.2 Å². The van der Waals surface area contributed by atoms with Crippen LogP contribution >= 0.6 is 7.82 Å². The minimum Gasteiger partial charge on any atom is -0.756 e. The van der Waals surface area contributed by atoms with Gasteiger partial charge in [-0.15, -0.1) is 0 Å². The Hall–Kier alpha value is -0.760. The van der Waals surface area contributed by atoms with Crippen LogP contribution in [0.4, 0.5) is 0 Å². The Labute approximate surface area is 462 Å². The van der Waals surface area contributed by atoms with Gasteiger partial charge < -0.3 is 28.8 Å². The number of quaternary nitrogens is 1. The summed E-state index contributed by atoms with van der Waals surface area (Å²) in [5.74, 6) is -0.157. The van der Waals surface area contributed by atoms with Crippen molar-refractivity contribution in [1.29, 1.82) is 0 Å². The second-order valence-corrected chi connectivity index (χ2v) is 25.6. The summed E-state index contributed by atoms with van der Waals surface area (Å²) in [7, 11) is 1.32. The number of hydrogen-bond acceptors (Lipinski definition) is 6. The number of carbonyl (C=O) groups is 1. The lowest BCUT2D eigenvalue weighted by Gasteiger charge is -2.30. The van der Waals surface area contributed by atoms with E-state index in [1.165, 1.54) is 283 Å². The summed E-state index contributed by atoms with van der Waals surface area (Å²) in [6.07, 6.45) is 71.3. The fourth-order valence-corrected chi connectivity index (χ4v) is 11.1. The lowest BCUT2D eigenvalue weighted by atomic mass is 10.0.